The molecule has 2 aromatic rings. The summed E-state index contributed by atoms with van der Waals surface area (Å²) < 4.78 is 6.67. The van der Waals surface area contributed by atoms with Crippen LogP contribution in [0.25, 0.3) is 0 Å². The Morgan fingerprint density at radius 3 is 2.83 bits per heavy atom. The van der Waals surface area contributed by atoms with Gasteiger partial charge in [0.05, 0.1) is 11.4 Å². The predicted molar refractivity (Wildman–Crippen MR) is 75.6 cm³/mol. The molecule has 0 unspecified atom stereocenters. The van der Waals surface area contributed by atoms with Gasteiger partial charge in [-0.25, -0.2) is 9.97 Å². The summed E-state index contributed by atoms with van der Waals surface area (Å²) in [5.74, 6) is 1.28. The van der Waals surface area contributed by atoms with Crippen LogP contribution >= 0.6 is 39.1 Å². The van der Waals surface area contributed by atoms with Crippen LogP contribution in [0.1, 0.15) is 11.1 Å². The van der Waals surface area contributed by atoms with Crippen molar-refractivity contribution in [3.05, 3.63) is 45.3 Å². The van der Waals surface area contributed by atoms with Gasteiger partial charge in [-0.15, -0.1) is 11.6 Å². The molecule has 18 heavy (non-hydrogen) atoms. The third-order valence-corrected chi connectivity index (χ3v) is 3.43. The zero-order chi connectivity index (χ0) is 13.1. The Bertz CT molecular complexity index is 578. The Labute approximate surface area is 123 Å². The maximum atomic E-state index is 5.94. The Morgan fingerprint density at radius 2 is 2.11 bits per heavy atom. The molecule has 0 bridgehead atoms. The molecule has 0 radical (unpaired) electrons. The number of aryl methyl sites for hydroxylation is 1. The highest BCUT2D eigenvalue weighted by Gasteiger charge is 2.12. The van der Waals surface area contributed by atoms with Crippen molar-refractivity contribution in [3.8, 4) is 11.6 Å². The molecule has 0 aliphatic heterocycles. The fourth-order valence-corrected chi connectivity index (χ4v) is 2.21. The molecule has 0 N–H and O–H groups in total. The normalized spacial score (nSPS) is 10.4. The SMILES string of the molecule is Cc1ccc(Br)cc1Oc1ncnc(Cl)c1CCl. The Hall–Kier alpha value is -0.840. The van der Waals surface area contributed by atoms with Gasteiger partial charge in [-0.2, -0.15) is 0 Å². The second-order valence-electron chi connectivity index (χ2n) is 3.59. The van der Waals surface area contributed by atoms with Crippen molar-refractivity contribution in [1.29, 1.82) is 0 Å². The second-order valence-corrected chi connectivity index (χ2v) is 5.13. The quantitative estimate of drug-likeness (QED) is 0.594. The molecule has 1 aromatic carbocycles. The summed E-state index contributed by atoms with van der Waals surface area (Å²) in [6, 6.07) is 5.75. The molecular formula is C12H9BrCl2N2O. The molecule has 0 fully saturated rings. The van der Waals surface area contributed by atoms with E-state index in [1.54, 1.807) is 0 Å². The van der Waals surface area contributed by atoms with E-state index in [2.05, 4.69) is 25.9 Å². The molecule has 0 aliphatic carbocycles. The summed E-state index contributed by atoms with van der Waals surface area (Å²) >= 11 is 15.2. The number of halogens is 3. The maximum absolute atomic E-state index is 5.94. The minimum absolute atomic E-state index is 0.196. The summed E-state index contributed by atoms with van der Waals surface area (Å²) in [4.78, 5) is 7.93. The number of hydrogen-bond donors (Lipinski definition) is 0. The molecule has 1 aromatic heterocycles. The number of alkyl halides is 1. The van der Waals surface area contributed by atoms with Gasteiger partial charge >= 0.3 is 0 Å². The molecule has 0 saturated carbocycles. The summed E-state index contributed by atoms with van der Waals surface area (Å²) in [6.45, 7) is 1.95. The first-order valence-corrected chi connectivity index (χ1v) is 6.81. The van der Waals surface area contributed by atoms with Gasteiger partial charge in [0.1, 0.15) is 17.2 Å². The summed E-state index contributed by atoms with van der Waals surface area (Å²) in [5, 5.41) is 0.308. The molecule has 6 heteroatoms. The third kappa shape index (κ3) is 2.94. The zero-order valence-electron chi connectivity index (χ0n) is 9.45. The van der Waals surface area contributed by atoms with Gasteiger partial charge in [0.15, 0.2) is 0 Å². The molecule has 0 atom stereocenters. The Morgan fingerprint density at radius 1 is 1.33 bits per heavy atom. The fourth-order valence-electron chi connectivity index (χ4n) is 1.36. The maximum Gasteiger partial charge on any atom is 0.228 e. The predicted octanol–water partition coefficient (Wildman–Crippen LogP) is 4.73. The van der Waals surface area contributed by atoms with Gasteiger partial charge in [0.25, 0.3) is 0 Å². The van der Waals surface area contributed by atoms with Crippen molar-refractivity contribution >= 4 is 39.1 Å². The van der Waals surface area contributed by atoms with E-state index in [-0.39, 0.29) is 5.88 Å². The van der Waals surface area contributed by atoms with E-state index in [0.29, 0.717) is 22.3 Å². The van der Waals surface area contributed by atoms with Gasteiger partial charge < -0.3 is 4.74 Å². The van der Waals surface area contributed by atoms with Crippen LogP contribution in [0.3, 0.4) is 0 Å². The highest BCUT2D eigenvalue weighted by molar-refractivity contribution is 9.10. The summed E-state index contributed by atoms with van der Waals surface area (Å²) in [5.41, 5.74) is 1.58. The molecule has 2 rings (SSSR count). The van der Waals surface area contributed by atoms with Gasteiger partial charge in [0, 0.05) is 4.47 Å². The first kappa shape index (κ1) is 13.6. The monoisotopic (exact) mass is 346 g/mol. The lowest BCUT2D eigenvalue weighted by Gasteiger charge is -2.11. The standard InChI is InChI=1S/C12H9BrCl2N2O/c1-7-2-3-8(13)4-10(7)18-12-9(5-14)11(15)16-6-17-12/h2-4,6H,5H2,1H3. The number of aromatic nitrogens is 2. The number of rotatable bonds is 3. The van der Waals surface area contributed by atoms with E-state index in [1.807, 2.05) is 25.1 Å². The van der Waals surface area contributed by atoms with Gasteiger partial charge in [-0.3, -0.25) is 0 Å². The number of hydrogen-bond acceptors (Lipinski definition) is 3. The Kier molecular flexibility index (Phi) is 4.43. The van der Waals surface area contributed by atoms with Crippen LogP contribution in [0.15, 0.2) is 29.0 Å². The first-order chi connectivity index (χ1) is 8.61. The number of nitrogens with zero attached hydrogens (tertiary/aromatic N) is 2. The smallest absolute Gasteiger partial charge is 0.228 e. The van der Waals surface area contributed by atoms with Crippen molar-refractivity contribution in [2.24, 2.45) is 0 Å². The van der Waals surface area contributed by atoms with Gasteiger partial charge in [-0.05, 0) is 24.6 Å². The highest BCUT2D eigenvalue weighted by atomic mass is 79.9. The molecule has 0 amide bonds. The lowest BCUT2D eigenvalue weighted by atomic mass is 10.2. The van der Waals surface area contributed by atoms with Crippen molar-refractivity contribution in [3.63, 3.8) is 0 Å². The molecule has 1 heterocycles. The first-order valence-electron chi connectivity index (χ1n) is 5.11. The van der Waals surface area contributed by atoms with E-state index < -0.39 is 0 Å². The van der Waals surface area contributed by atoms with Crippen LogP contribution in [0.4, 0.5) is 0 Å². The van der Waals surface area contributed by atoms with E-state index >= 15 is 0 Å². The molecule has 0 spiro atoms. The largest absolute Gasteiger partial charge is 0.438 e. The number of ether oxygens (including phenoxy) is 1. The zero-order valence-corrected chi connectivity index (χ0v) is 12.6. The molecule has 3 nitrogen and oxygen atoms in total. The lowest BCUT2D eigenvalue weighted by Crippen LogP contribution is -1.97. The molecule has 0 saturated heterocycles. The van der Waals surface area contributed by atoms with Crippen LogP contribution in [-0.2, 0) is 5.88 Å². The van der Waals surface area contributed by atoms with Crippen LogP contribution in [0.2, 0.25) is 5.15 Å². The number of benzene rings is 1. The van der Waals surface area contributed by atoms with Crippen LogP contribution in [-0.4, -0.2) is 9.97 Å². The lowest BCUT2D eigenvalue weighted by molar-refractivity contribution is 0.453. The van der Waals surface area contributed by atoms with Gasteiger partial charge in [0.2, 0.25) is 5.88 Å². The van der Waals surface area contributed by atoms with E-state index in [0.717, 1.165) is 10.0 Å². The van der Waals surface area contributed by atoms with E-state index in [9.17, 15) is 0 Å². The highest BCUT2D eigenvalue weighted by Crippen LogP contribution is 2.31. The minimum Gasteiger partial charge on any atom is -0.438 e. The Balaban J connectivity index is 2.40. The minimum atomic E-state index is 0.196. The van der Waals surface area contributed by atoms with Crippen molar-refractivity contribution < 1.29 is 4.74 Å². The van der Waals surface area contributed by atoms with Crippen LogP contribution in [0.5, 0.6) is 11.6 Å². The fraction of sp³-hybridized carbons (Fsp3) is 0.167. The van der Waals surface area contributed by atoms with Crippen LogP contribution in [0, 0.1) is 6.92 Å². The van der Waals surface area contributed by atoms with Crippen LogP contribution < -0.4 is 4.74 Å². The van der Waals surface area contributed by atoms with E-state index in [1.165, 1.54) is 6.33 Å². The summed E-state index contributed by atoms with van der Waals surface area (Å²) in [6.07, 6.45) is 1.35. The van der Waals surface area contributed by atoms with Crippen molar-refractivity contribution in [2.75, 3.05) is 0 Å². The summed E-state index contributed by atoms with van der Waals surface area (Å²) in [7, 11) is 0. The molecule has 94 valence electrons. The average molecular weight is 348 g/mol. The van der Waals surface area contributed by atoms with E-state index in [4.69, 9.17) is 27.9 Å². The topological polar surface area (TPSA) is 35.0 Å². The average Bonchev–Trinajstić information content (AvgIpc) is 2.34. The van der Waals surface area contributed by atoms with Crippen molar-refractivity contribution in [2.45, 2.75) is 12.8 Å². The molecular weight excluding hydrogens is 339 g/mol. The van der Waals surface area contributed by atoms with Crippen molar-refractivity contribution in [1.82, 2.24) is 9.97 Å². The molecule has 0 aliphatic rings. The van der Waals surface area contributed by atoms with Gasteiger partial charge in [-0.1, -0.05) is 33.6 Å². The third-order valence-electron chi connectivity index (χ3n) is 2.34. The second kappa shape index (κ2) is 5.87.